The number of benzene rings is 2. The zero-order valence-corrected chi connectivity index (χ0v) is 14.9. The Bertz CT molecular complexity index is 1120. The first-order valence-corrected chi connectivity index (χ1v) is 9.07. The third kappa shape index (κ3) is 2.73. The summed E-state index contributed by atoms with van der Waals surface area (Å²) in [7, 11) is 1.57. The second-order valence-corrected chi connectivity index (χ2v) is 6.94. The fraction of sp³-hybridized carbons (Fsp3) is 0.238. The van der Waals surface area contributed by atoms with Gasteiger partial charge >= 0.3 is 0 Å². The van der Waals surface area contributed by atoms with E-state index in [0.29, 0.717) is 35.2 Å². The lowest BCUT2D eigenvalue weighted by atomic mass is 10.1. The van der Waals surface area contributed by atoms with Crippen LogP contribution in [0.2, 0.25) is 0 Å². The van der Waals surface area contributed by atoms with E-state index in [1.165, 1.54) is 12.8 Å². The van der Waals surface area contributed by atoms with Gasteiger partial charge in [0, 0.05) is 11.9 Å². The van der Waals surface area contributed by atoms with Crippen molar-refractivity contribution in [3.63, 3.8) is 0 Å². The van der Waals surface area contributed by atoms with Gasteiger partial charge in [-0.2, -0.15) is 5.10 Å². The summed E-state index contributed by atoms with van der Waals surface area (Å²) in [5.41, 5.74) is 2.72. The number of nitrogens with one attached hydrogen (secondary N) is 2. The summed E-state index contributed by atoms with van der Waals surface area (Å²) in [5, 5.41) is 12.2. The number of hydrogen-bond donors (Lipinski definition) is 2. The zero-order chi connectivity index (χ0) is 18.4. The standard InChI is InChI=1S/C21H19N3O3/c1-26-20-14(21(25)22-11-12-6-7-12)8-9-15-18(20)19(24-23-15)17-10-13-4-2-3-5-16(13)27-17/h2-5,8-10,12H,6-7,11H2,1H3,(H,22,25)(H,23,24). The molecule has 2 N–H and O–H groups in total. The molecule has 27 heavy (non-hydrogen) atoms. The fourth-order valence-corrected chi connectivity index (χ4v) is 3.40. The molecule has 2 aromatic heterocycles. The summed E-state index contributed by atoms with van der Waals surface area (Å²) in [5.74, 6) is 1.63. The van der Waals surface area contributed by atoms with Gasteiger partial charge in [0.15, 0.2) is 5.76 Å². The average Bonchev–Trinajstić information content (AvgIpc) is 3.26. The molecular formula is C21H19N3O3. The number of hydrogen-bond acceptors (Lipinski definition) is 4. The summed E-state index contributed by atoms with van der Waals surface area (Å²) in [6.45, 7) is 0.710. The summed E-state index contributed by atoms with van der Waals surface area (Å²) in [6, 6.07) is 13.4. The minimum absolute atomic E-state index is 0.127. The third-order valence-electron chi connectivity index (χ3n) is 5.04. The average molecular weight is 361 g/mol. The topological polar surface area (TPSA) is 80.1 Å². The molecule has 1 aliphatic rings. The lowest BCUT2D eigenvalue weighted by Gasteiger charge is -2.10. The molecule has 1 aliphatic carbocycles. The van der Waals surface area contributed by atoms with Crippen LogP contribution in [-0.2, 0) is 0 Å². The first-order valence-electron chi connectivity index (χ1n) is 9.07. The Morgan fingerprint density at radius 1 is 1.30 bits per heavy atom. The molecular weight excluding hydrogens is 342 g/mol. The molecule has 6 heteroatoms. The predicted octanol–water partition coefficient (Wildman–Crippen LogP) is 4.12. The molecule has 0 bridgehead atoms. The third-order valence-corrected chi connectivity index (χ3v) is 5.04. The SMILES string of the molecule is COc1c(C(=O)NCC2CC2)ccc2[nH]nc(-c3cc4ccccc4o3)c12. The van der Waals surface area contributed by atoms with Gasteiger partial charge in [-0.05, 0) is 43.0 Å². The maximum absolute atomic E-state index is 12.7. The number of furan rings is 1. The first kappa shape index (κ1) is 15.9. The second-order valence-electron chi connectivity index (χ2n) is 6.94. The maximum atomic E-state index is 12.7. The van der Waals surface area contributed by atoms with Crippen molar-refractivity contribution in [3.05, 3.63) is 48.0 Å². The van der Waals surface area contributed by atoms with Gasteiger partial charge in [-0.25, -0.2) is 0 Å². The van der Waals surface area contributed by atoms with Crippen molar-refractivity contribution in [1.29, 1.82) is 0 Å². The van der Waals surface area contributed by atoms with Crippen molar-refractivity contribution in [1.82, 2.24) is 15.5 Å². The minimum atomic E-state index is -0.127. The molecule has 1 fully saturated rings. The number of para-hydroxylation sites is 1. The van der Waals surface area contributed by atoms with Gasteiger partial charge < -0.3 is 14.5 Å². The van der Waals surface area contributed by atoms with E-state index < -0.39 is 0 Å². The van der Waals surface area contributed by atoms with Crippen molar-refractivity contribution in [2.24, 2.45) is 5.92 Å². The highest BCUT2D eigenvalue weighted by atomic mass is 16.5. The van der Waals surface area contributed by atoms with Crippen molar-refractivity contribution in [2.75, 3.05) is 13.7 Å². The van der Waals surface area contributed by atoms with Gasteiger partial charge in [0.05, 0.1) is 23.6 Å². The molecule has 0 radical (unpaired) electrons. The van der Waals surface area contributed by atoms with Crippen molar-refractivity contribution < 1.29 is 13.9 Å². The van der Waals surface area contributed by atoms with Gasteiger partial charge in [-0.3, -0.25) is 9.89 Å². The molecule has 136 valence electrons. The van der Waals surface area contributed by atoms with Crippen molar-refractivity contribution in [3.8, 4) is 17.2 Å². The Morgan fingerprint density at radius 3 is 2.93 bits per heavy atom. The van der Waals surface area contributed by atoms with Crippen LogP contribution in [0.25, 0.3) is 33.3 Å². The first-order chi connectivity index (χ1) is 13.2. The molecule has 0 unspecified atom stereocenters. The number of aromatic nitrogens is 2. The molecule has 0 aliphatic heterocycles. The number of H-pyrrole nitrogens is 1. The Morgan fingerprint density at radius 2 is 2.15 bits per heavy atom. The number of carbonyl (C=O) groups is 1. The van der Waals surface area contributed by atoms with E-state index >= 15 is 0 Å². The fourth-order valence-electron chi connectivity index (χ4n) is 3.40. The highest BCUT2D eigenvalue weighted by Crippen LogP contribution is 2.38. The molecule has 0 saturated heterocycles. The van der Waals surface area contributed by atoms with Crippen LogP contribution < -0.4 is 10.1 Å². The van der Waals surface area contributed by atoms with Gasteiger partial charge in [0.2, 0.25) is 0 Å². The molecule has 2 aromatic carbocycles. The summed E-state index contributed by atoms with van der Waals surface area (Å²) < 4.78 is 11.6. The molecule has 0 atom stereocenters. The van der Waals surface area contributed by atoms with Crippen LogP contribution in [0.4, 0.5) is 0 Å². The zero-order valence-electron chi connectivity index (χ0n) is 14.9. The smallest absolute Gasteiger partial charge is 0.255 e. The van der Waals surface area contributed by atoms with Crippen LogP contribution in [0.3, 0.4) is 0 Å². The number of amides is 1. The van der Waals surface area contributed by atoms with Gasteiger partial charge in [-0.1, -0.05) is 18.2 Å². The van der Waals surface area contributed by atoms with Crippen molar-refractivity contribution in [2.45, 2.75) is 12.8 Å². The molecule has 5 rings (SSSR count). The van der Waals surface area contributed by atoms with Gasteiger partial charge in [0.25, 0.3) is 5.91 Å². The van der Waals surface area contributed by atoms with Crippen LogP contribution in [0, 0.1) is 5.92 Å². The van der Waals surface area contributed by atoms with Crippen molar-refractivity contribution >= 4 is 27.8 Å². The van der Waals surface area contributed by atoms with Crippen LogP contribution in [-0.4, -0.2) is 29.8 Å². The second kappa shape index (κ2) is 6.16. The van der Waals surface area contributed by atoms with Crippen LogP contribution in [0.5, 0.6) is 5.75 Å². The molecule has 6 nitrogen and oxygen atoms in total. The Labute approximate surface area is 155 Å². The molecule has 0 spiro atoms. The summed E-state index contributed by atoms with van der Waals surface area (Å²) in [4.78, 5) is 12.7. The van der Waals surface area contributed by atoms with E-state index in [1.807, 2.05) is 36.4 Å². The summed E-state index contributed by atoms with van der Waals surface area (Å²) >= 11 is 0. The molecule has 2 heterocycles. The van der Waals surface area contributed by atoms with Crippen LogP contribution in [0.15, 0.2) is 46.9 Å². The number of rotatable bonds is 5. The number of methoxy groups -OCH3 is 1. The number of ether oxygens (including phenoxy) is 1. The van der Waals surface area contributed by atoms with Gasteiger partial charge in [0.1, 0.15) is 17.0 Å². The normalized spacial score (nSPS) is 14.0. The molecule has 1 saturated carbocycles. The van der Waals surface area contributed by atoms with E-state index in [2.05, 4.69) is 15.5 Å². The number of carbonyl (C=O) groups excluding carboxylic acids is 1. The number of aromatic amines is 1. The van der Waals surface area contributed by atoms with E-state index in [-0.39, 0.29) is 5.91 Å². The molecule has 4 aromatic rings. The Kier molecular flexibility index (Phi) is 3.63. The lowest BCUT2D eigenvalue weighted by Crippen LogP contribution is -2.26. The minimum Gasteiger partial charge on any atom is -0.495 e. The highest BCUT2D eigenvalue weighted by molar-refractivity contribution is 6.07. The van der Waals surface area contributed by atoms with E-state index in [0.717, 1.165) is 21.9 Å². The quantitative estimate of drug-likeness (QED) is 0.560. The lowest BCUT2D eigenvalue weighted by molar-refractivity contribution is 0.0949. The summed E-state index contributed by atoms with van der Waals surface area (Å²) in [6.07, 6.45) is 2.38. The number of fused-ring (bicyclic) bond motifs is 2. The van der Waals surface area contributed by atoms with E-state index in [1.54, 1.807) is 13.2 Å². The Balaban J connectivity index is 1.62. The predicted molar refractivity (Wildman–Crippen MR) is 103 cm³/mol. The monoisotopic (exact) mass is 361 g/mol. The largest absolute Gasteiger partial charge is 0.495 e. The molecule has 1 amide bonds. The van der Waals surface area contributed by atoms with Gasteiger partial charge in [-0.15, -0.1) is 0 Å². The van der Waals surface area contributed by atoms with E-state index in [4.69, 9.17) is 9.15 Å². The van der Waals surface area contributed by atoms with E-state index in [9.17, 15) is 4.79 Å². The van der Waals surface area contributed by atoms with Crippen LogP contribution >= 0.6 is 0 Å². The number of nitrogens with zero attached hydrogens (tertiary/aromatic N) is 1. The van der Waals surface area contributed by atoms with Crippen LogP contribution in [0.1, 0.15) is 23.2 Å². The Hall–Kier alpha value is -3.28. The highest BCUT2D eigenvalue weighted by Gasteiger charge is 2.25. The maximum Gasteiger partial charge on any atom is 0.255 e.